The summed E-state index contributed by atoms with van der Waals surface area (Å²) in [6.45, 7) is 5.90. The zero-order chi connectivity index (χ0) is 19.1. The Balaban J connectivity index is 0.000000872. The van der Waals surface area contributed by atoms with Crippen LogP contribution in [0.25, 0.3) is 22.2 Å². The molecule has 0 amide bonds. The van der Waals surface area contributed by atoms with Gasteiger partial charge < -0.3 is 9.55 Å². The van der Waals surface area contributed by atoms with Crippen molar-refractivity contribution in [1.82, 2.24) is 44.7 Å². The molecule has 0 saturated heterocycles. The second kappa shape index (κ2) is 6.88. The van der Waals surface area contributed by atoms with E-state index in [1.165, 1.54) is 4.80 Å². The quantitative estimate of drug-likeness (QED) is 0.529. The highest BCUT2D eigenvalue weighted by Gasteiger charge is 2.31. The lowest BCUT2D eigenvalue weighted by molar-refractivity contribution is 0.515. The van der Waals surface area contributed by atoms with Crippen LogP contribution in [0.2, 0.25) is 5.15 Å². The number of nitrogens with zero attached hydrogens (tertiary/aromatic N) is 8. The number of imidazole rings is 2. The van der Waals surface area contributed by atoms with Gasteiger partial charge in [0.1, 0.15) is 16.9 Å². The summed E-state index contributed by atoms with van der Waals surface area (Å²) in [5.74, 6) is 1.92. The number of aromatic amines is 1. The van der Waals surface area contributed by atoms with Crippen molar-refractivity contribution < 1.29 is 0 Å². The minimum absolute atomic E-state index is 0.295. The predicted molar refractivity (Wildman–Crippen MR) is 103 cm³/mol. The molecule has 2 atom stereocenters. The summed E-state index contributed by atoms with van der Waals surface area (Å²) < 4.78 is 2.12. The maximum absolute atomic E-state index is 6.35. The van der Waals surface area contributed by atoms with Gasteiger partial charge in [-0.1, -0.05) is 25.4 Å². The Morgan fingerprint density at radius 1 is 1.19 bits per heavy atom. The number of tetrazole rings is 1. The summed E-state index contributed by atoms with van der Waals surface area (Å²) in [5, 5.41) is 12.9. The number of aryl methyl sites for hydroxylation is 2. The van der Waals surface area contributed by atoms with Gasteiger partial charge in [-0.2, -0.15) is 4.80 Å². The molecule has 1 N–H and O–H groups in total. The third-order valence-electron chi connectivity index (χ3n) is 4.91. The van der Waals surface area contributed by atoms with Crippen molar-refractivity contribution in [2.45, 2.75) is 52.0 Å². The Morgan fingerprint density at radius 3 is 2.74 bits per heavy atom. The Hall–Kier alpha value is -2.55. The van der Waals surface area contributed by atoms with Crippen molar-refractivity contribution >= 4 is 33.8 Å². The highest BCUT2D eigenvalue weighted by Crippen LogP contribution is 2.41. The van der Waals surface area contributed by atoms with E-state index < -0.39 is 0 Å². The van der Waals surface area contributed by atoms with Crippen LogP contribution in [-0.4, -0.2) is 44.7 Å². The van der Waals surface area contributed by atoms with E-state index in [-0.39, 0.29) is 0 Å². The average Bonchev–Trinajstić information content (AvgIpc) is 3.41. The van der Waals surface area contributed by atoms with E-state index in [1.807, 2.05) is 27.1 Å². The maximum atomic E-state index is 6.35. The number of hydrogen-bond donors (Lipinski definition) is 1. The number of nitrogens with one attached hydrogen (secondary N) is 1. The van der Waals surface area contributed by atoms with E-state index in [4.69, 9.17) is 11.6 Å². The van der Waals surface area contributed by atoms with Crippen molar-refractivity contribution in [2.24, 2.45) is 7.05 Å². The van der Waals surface area contributed by atoms with Crippen molar-refractivity contribution in [3.05, 3.63) is 23.1 Å². The van der Waals surface area contributed by atoms with E-state index in [0.29, 0.717) is 22.6 Å². The normalized spacial score (nSPS) is 19.6. The molecule has 0 spiro atoms. The standard InChI is InChI=1S/C15H16ClN9.C2H6/c1-7-18-10-11(19-7)13(16)20-15-12(10)17-6-25(15)9-4-3-8(5-9)14-21-23-24(2)22-14;1-2/h6,8-9H,3-5H2,1-2H3,(H,18,19);1-2H3/t8-,9?;/m1./s1. The van der Waals surface area contributed by atoms with Crippen LogP contribution in [0, 0.1) is 6.92 Å². The molecule has 1 unspecified atom stereocenters. The van der Waals surface area contributed by atoms with Gasteiger partial charge in [-0.15, -0.1) is 10.2 Å². The summed E-state index contributed by atoms with van der Waals surface area (Å²) in [7, 11) is 1.79. The second-order valence-corrected chi connectivity index (χ2v) is 6.93. The minimum atomic E-state index is 0.295. The fourth-order valence-corrected chi connectivity index (χ4v) is 3.99. The molecule has 1 fully saturated rings. The van der Waals surface area contributed by atoms with Crippen LogP contribution in [0.5, 0.6) is 0 Å². The Kier molecular flexibility index (Phi) is 4.55. The summed E-state index contributed by atoms with van der Waals surface area (Å²) in [6.07, 6.45) is 4.83. The van der Waals surface area contributed by atoms with Crippen LogP contribution >= 0.6 is 11.6 Å². The van der Waals surface area contributed by atoms with Gasteiger partial charge in [0.15, 0.2) is 16.6 Å². The molecule has 9 nitrogen and oxygen atoms in total. The molecular formula is C17H22ClN9. The maximum Gasteiger partial charge on any atom is 0.177 e. The first kappa shape index (κ1) is 17.8. The van der Waals surface area contributed by atoms with E-state index in [1.54, 1.807) is 7.05 Å². The summed E-state index contributed by atoms with van der Waals surface area (Å²) in [6, 6.07) is 0.295. The minimum Gasteiger partial charge on any atom is -0.340 e. The highest BCUT2D eigenvalue weighted by atomic mass is 35.5. The molecule has 1 aliphatic rings. The molecule has 0 aliphatic heterocycles. The van der Waals surface area contributed by atoms with Crippen LogP contribution in [0.4, 0.5) is 0 Å². The van der Waals surface area contributed by atoms with E-state index in [0.717, 1.165) is 47.6 Å². The van der Waals surface area contributed by atoms with Crippen LogP contribution in [0.15, 0.2) is 6.33 Å². The molecule has 0 bridgehead atoms. The average molecular weight is 388 g/mol. The van der Waals surface area contributed by atoms with Gasteiger partial charge in [-0.3, -0.25) is 0 Å². The zero-order valence-corrected chi connectivity index (χ0v) is 16.6. The van der Waals surface area contributed by atoms with E-state index in [9.17, 15) is 0 Å². The summed E-state index contributed by atoms with van der Waals surface area (Å²) in [4.78, 5) is 18.3. The largest absolute Gasteiger partial charge is 0.340 e. The van der Waals surface area contributed by atoms with E-state index in [2.05, 4.69) is 39.9 Å². The number of pyridine rings is 1. The van der Waals surface area contributed by atoms with Gasteiger partial charge in [0.2, 0.25) is 0 Å². The SMILES string of the molecule is CC.Cc1nc2c(Cl)nc3c(ncn3C3CC[C@@H](c4nnn(C)n4)C3)c2[nH]1. The molecule has 4 aromatic heterocycles. The first-order valence-electron chi connectivity index (χ1n) is 9.22. The zero-order valence-electron chi connectivity index (χ0n) is 15.8. The Morgan fingerprint density at radius 2 is 2.00 bits per heavy atom. The molecule has 0 radical (unpaired) electrons. The third kappa shape index (κ3) is 2.95. The molecule has 1 saturated carbocycles. The molecule has 10 heteroatoms. The first-order chi connectivity index (χ1) is 13.1. The number of hydrogen-bond acceptors (Lipinski definition) is 6. The van der Waals surface area contributed by atoms with Gasteiger partial charge >= 0.3 is 0 Å². The van der Waals surface area contributed by atoms with Gasteiger partial charge in [0, 0.05) is 12.0 Å². The predicted octanol–water partition coefficient (Wildman–Crippen LogP) is 3.33. The number of H-pyrrole nitrogens is 1. The number of fused-ring (bicyclic) bond motifs is 3. The van der Waals surface area contributed by atoms with Crippen LogP contribution in [0.1, 0.15) is 56.7 Å². The first-order valence-corrected chi connectivity index (χ1v) is 9.60. The molecule has 27 heavy (non-hydrogen) atoms. The molecule has 4 heterocycles. The van der Waals surface area contributed by atoms with Crippen molar-refractivity contribution in [2.75, 3.05) is 0 Å². The van der Waals surface area contributed by atoms with Gasteiger partial charge in [-0.05, 0) is 31.4 Å². The van der Waals surface area contributed by atoms with Crippen LogP contribution < -0.4 is 0 Å². The molecule has 4 aromatic rings. The number of halogens is 1. The Bertz CT molecular complexity index is 1090. The molecule has 1 aliphatic carbocycles. The fourth-order valence-electron chi connectivity index (χ4n) is 3.77. The smallest absolute Gasteiger partial charge is 0.177 e. The monoisotopic (exact) mass is 387 g/mol. The molecular weight excluding hydrogens is 366 g/mol. The lowest BCUT2D eigenvalue weighted by atomic mass is 10.1. The lowest BCUT2D eigenvalue weighted by Gasteiger charge is -2.12. The van der Waals surface area contributed by atoms with Gasteiger partial charge in [-0.25, -0.2) is 15.0 Å². The van der Waals surface area contributed by atoms with Gasteiger partial charge in [0.25, 0.3) is 0 Å². The van der Waals surface area contributed by atoms with Gasteiger partial charge in [0.05, 0.1) is 18.9 Å². The van der Waals surface area contributed by atoms with Crippen molar-refractivity contribution in [3.63, 3.8) is 0 Å². The second-order valence-electron chi connectivity index (χ2n) is 6.57. The third-order valence-corrected chi connectivity index (χ3v) is 5.18. The Labute approximate surface area is 161 Å². The number of rotatable bonds is 2. The topological polar surface area (TPSA) is 103 Å². The van der Waals surface area contributed by atoms with E-state index >= 15 is 0 Å². The van der Waals surface area contributed by atoms with Crippen LogP contribution in [-0.2, 0) is 7.05 Å². The fraction of sp³-hybridized carbons (Fsp3) is 0.529. The molecule has 5 rings (SSSR count). The lowest BCUT2D eigenvalue weighted by Crippen LogP contribution is -2.06. The molecule has 0 aromatic carbocycles. The van der Waals surface area contributed by atoms with Crippen molar-refractivity contribution in [3.8, 4) is 0 Å². The summed E-state index contributed by atoms with van der Waals surface area (Å²) in [5.41, 5.74) is 3.11. The van der Waals surface area contributed by atoms with Crippen LogP contribution in [0.3, 0.4) is 0 Å². The number of aromatic nitrogens is 9. The summed E-state index contributed by atoms with van der Waals surface area (Å²) >= 11 is 6.35. The molecule has 142 valence electrons. The van der Waals surface area contributed by atoms with Crippen molar-refractivity contribution in [1.29, 1.82) is 0 Å². The highest BCUT2D eigenvalue weighted by molar-refractivity contribution is 6.34.